The number of fused-ring (bicyclic) bond motifs is 1. The molecule has 0 N–H and O–H groups in total. The normalized spacial score (nSPS) is 11.1. The Balaban J connectivity index is 2.22. The van der Waals surface area contributed by atoms with E-state index in [1.807, 2.05) is 18.5 Å². The Kier molecular flexibility index (Phi) is 3.03. The van der Waals surface area contributed by atoms with Gasteiger partial charge in [0.15, 0.2) is 0 Å². The zero-order chi connectivity index (χ0) is 13.4. The average Bonchev–Trinajstić information content (AvgIpc) is 2.82. The fourth-order valence-corrected chi connectivity index (χ4v) is 2.43. The van der Waals surface area contributed by atoms with Gasteiger partial charge in [-0.25, -0.2) is 4.98 Å². The molecule has 2 aromatic carbocycles. The fraction of sp³-hybridized carbons (Fsp3) is 0.188. The van der Waals surface area contributed by atoms with Crippen molar-refractivity contribution in [2.24, 2.45) is 0 Å². The molecule has 1 aromatic heterocycles. The summed E-state index contributed by atoms with van der Waals surface area (Å²) >= 11 is 5.90. The number of hydrogen-bond acceptors (Lipinski definition) is 1. The Morgan fingerprint density at radius 3 is 2.68 bits per heavy atom. The highest BCUT2D eigenvalue weighted by molar-refractivity contribution is 6.17. The highest BCUT2D eigenvalue weighted by Gasteiger charge is 2.07. The monoisotopic (exact) mass is 270 g/mol. The fourth-order valence-electron chi connectivity index (χ4n) is 2.26. The van der Waals surface area contributed by atoms with E-state index in [-0.39, 0.29) is 0 Å². The second kappa shape index (κ2) is 4.71. The molecule has 0 aliphatic carbocycles. The van der Waals surface area contributed by atoms with Crippen LogP contribution in [0.3, 0.4) is 0 Å². The van der Waals surface area contributed by atoms with Gasteiger partial charge < -0.3 is 0 Å². The number of aromatic nitrogens is 2. The molecule has 0 spiro atoms. The molecule has 96 valence electrons. The predicted molar refractivity (Wildman–Crippen MR) is 80.1 cm³/mol. The zero-order valence-electron chi connectivity index (χ0n) is 11.0. The van der Waals surface area contributed by atoms with Gasteiger partial charge in [0.1, 0.15) is 6.33 Å². The first kappa shape index (κ1) is 12.2. The van der Waals surface area contributed by atoms with E-state index in [0.29, 0.717) is 5.88 Å². The lowest BCUT2D eigenvalue weighted by Crippen LogP contribution is -1.93. The lowest BCUT2D eigenvalue weighted by molar-refractivity contribution is 1.08. The van der Waals surface area contributed by atoms with Crippen LogP contribution in [0.1, 0.15) is 16.7 Å². The van der Waals surface area contributed by atoms with Crippen LogP contribution in [0.15, 0.2) is 42.7 Å². The Hall–Kier alpha value is -1.80. The molecular weight excluding hydrogens is 256 g/mol. The third-order valence-electron chi connectivity index (χ3n) is 3.51. The summed E-state index contributed by atoms with van der Waals surface area (Å²) in [6, 6.07) is 12.6. The van der Waals surface area contributed by atoms with E-state index in [9.17, 15) is 0 Å². The van der Waals surface area contributed by atoms with Gasteiger partial charge in [-0.2, -0.15) is 0 Å². The quantitative estimate of drug-likeness (QED) is 0.632. The van der Waals surface area contributed by atoms with Crippen LogP contribution in [-0.2, 0) is 5.88 Å². The largest absolute Gasteiger partial charge is 0.299 e. The molecule has 3 aromatic rings. The van der Waals surface area contributed by atoms with E-state index >= 15 is 0 Å². The molecule has 0 fully saturated rings. The van der Waals surface area contributed by atoms with Crippen molar-refractivity contribution < 1.29 is 0 Å². The molecule has 0 radical (unpaired) electrons. The van der Waals surface area contributed by atoms with Crippen molar-refractivity contribution in [1.29, 1.82) is 0 Å². The molecule has 2 nitrogen and oxygen atoms in total. The van der Waals surface area contributed by atoms with Crippen LogP contribution in [0.2, 0.25) is 0 Å². The van der Waals surface area contributed by atoms with E-state index < -0.39 is 0 Å². The van der Waals surface area contributed by atoms with E-state index in [1.165, 1.54) is 11.1 Å². The lowest BCUT2D eigenvalue weighted by atomic mass is 10.1. The SMILES string of the molecule is Cc1cc2ncn(-c3cccc(CCl)c3)c2cc1C. The summed E-state index contributed by atoms with van der Waals surface area (Å²) < 4.78 is 2.11. The maximum Gasteiger partial charge on any atom is 0.100 e. The Bertz CT molecular complexity index is 744. The van der Waals surface area contributed by atoms with Gasteiger partial charge in [-0.15, -0.1) is 11.6 Å². The molecule has 3 heteroatoms. The number of alkyl halides is 1. The van der Waals surface area contributed by atoms with Crippen molar-refractivity contribution in [3.63, 3.8) is 0 Å². The van der Waals surface area contributed by atoms with Crippen LogP contribution in [0.25, 0.3) is 16.7 Å². The molecule has 19 heavy (non-hydrogen) atoms. The Morgan fingerprint density at radius 2 is 1.89 bits per heavy atom. The number of aryl methyl sites for hydroxylation is 2. The van der Waals surface area contributed by atoms with Crippen LogP contribution in [0, 0.1) is 13.8 Å². The van der Waals surface area contributed by atoms with Crippen molar-refractivity contribution in [3.05, 3.63) is 59.4 Å². The zero-order valence-corrected chi connectivity index (χ0v) is 11.8. The van der Waals surface area contributed by atoms with Crippen molar-refractivity contribution in [2.75, 3.05) is 0 Å². The van der Waals surface area contributed by atoms with E-state index in [4.69, 9.17) is 11.6 Å². The first-order valence-electron chi connectivity index (χ1n) is 6.28. The van der Waals surface area contributed by atoms with Gasteiger partial charge >= 0.3 is 0 Å². The molecular formula is C16H15ClN2. The summed E-state index contributed by atoms with van der Waals surface area (Å²) in [5.74, 6) is 0.526. The molecule has 0 aliphatic heterocycles. The molecule has 0 unspecified atom stereocenters. The highest BCUT2D eigenvalue weighted by atomic mass is 35.5. The number of imidazole rings is 1. The molecule has 0 saturated heterocycles. The molecule has 1 heterocycles. The first-order chi connectivity index (χ1) is 9.19. The summed E-state index contributed by atoms with van der Waals surface area (Å²) in [7, 11) is 0. The van der Waals surface area contributed by atoms with Gasteiger partial charge in [0.05, 0.1) is 11.0 Å². The summed E-state index contributed by atoms with van der Waals surface area (Å²) in [4.78, 5) is 4.48. The molecule has 3 rings (SSSR count). The number of rotatable bonds is 2. The van der Waals surface area contributed by atoms with E-state index in [1.54, 1.807) is 0 Å². The molecule has 0 amide bonds. The van der Waals surface area contributed by atoms with Crippen molar-refractivity contribution >= 4 is 22.6 Å². The van der Waals surface area contributed by atoms with Gasteiger partial charge in [0.25, 0.3) is 0 Å². The average molecular weight is 271 g/mol. The van der Waals surface area contributed by atoms with Gasteiger partial charge in [-0.1, -0.05) is 12.1 Å². The minimum Gasteiger partial charge on any atom is -0.299 e. The highest BCUT2D eigenvalue weighted by Crippen LogP contribution is 2.22. The van der Waals surface area contributed by atoms with Crippen molar-refractivity contribution in [2.45, 2.75) is 19.7 Å². The van der Waals surface area contributed by atoms with Crippen LogP contribution < -0.4 is 0 Å². The minimum atomic E-state index is 0.526. The molecule has 0 bridgehead atoms. The van der Waals surface area contributed by atoms with Crippen molar-refractivity contribution in [3.8, 4) is 5.69 Å². The first-order valence-corrected chi connectivity index (χ1v) is 6.82. The third kappa shape index (κ3) is 2.13. The van der Waals surface area contributed by atoms with Crippen LogP contribution in [0.4, 0.5) is 0 Å². The molecule has 0 atom stereocenters. The van der Waals surface area contributed by atoms with Gasteiger partial charge in [-0.3, -0.25) is 4.57 Å². The second-order valence-corrected chi connectivity index (χ2v) is 5.11. The number of benzene rings is 2. The van der Waals surface area contributed by atoms with Crippen LogP contribution in [0.5, 0.6) is 0 Å². The van der Waals surface area contributed by atoms with Gasteiger partial charge in [0, 0.05) is 11.6 Å². The van der Waals surface area contributed by atoms with Gasteiger partial charge in [-0.05, 0) is 54.8 Å². The molecule has 0 aliphatic rings. The molecule has 0 saturated carbocycles. The summed E-state index contributed by atoms with van der Waals surface area (Å²) in [5.41, 5.74) is 6.93. The number of nitrogens with zero attached hydrogens (tertiary/aromatic N) is 2. The number of hydrogen-bond donors (Lipinski definition) is 0. The van der Waals surface area contributed by atoms with E-state index in [2.05, 4.69) is 47.7 Å². The topological polar surface area (TPSA) is 17.8 Å². The summed E-state index contributed by atoms with van der Waals surface area (Å²) in [5, 5.41) is 0. The van der Waals surface area contributed by atoms with Crippen LogP contribution >= 0.6 is 11.6 Å². The number of halogens is 1. The van der Waals surface area contributed by atoms with Crippen molar-refractivity contribution in [1.82, 2.24) is 9.55 Å². The minimum absolute atomic E-state index is 0.526. The second-order valence-electron chi connectivity index (χ2n) is 4.84. The summed E-state index contributed by atoms with van der Waals surface area (Å²) in [6.45, 7) is 4.24. The Morgan fingerprint density at radius 1 is 1.11 bits per heavy atom. The van der Waals surface area contributed by atoms with Gasteiger partial charge in [0.2, 0.25) is 0 Å². The third-order valence-corrected chi connectivity index (χ3v) is 3.81. The predicted octanol–water partition coefficient (Wildman–Crippen LogP) is 4.38. The standard InChI is InChI=1S/C16H15ClN2/c1-11-6-15-16(7-12(11)2)19(10-18-15)14-5-3-4-13(8-14)9-17/h3-8,10H,9H2,1-2H3. The van der Waals surface area contributed by atoms with Crippen LogP contribution in [-0.4, -0.2) is 9.55 Å². The summed E-state index contributed by atoms with van der Waals surface area (Å²) in [6.07, 6.45) is 1.87. The maximum atomic E-state index is 5.90. The maximum absolute atomic E-state index is 5.90. The van der Waals surface area contributed by atoms with E-state index in [0.717, 1.165) is 22.3 Å². The lowest BCUT2D eigenvalue weighted by Gasteiger charge is -2.07. The Labute approximate surface area is 117 Å². The smallest absolute Gasteiger partial charge is 0.100 e.